The molecular formula is C13H28N2. The van der Waals surface area contributed by atoms with Crippen molar-refractivity contribution in [2.24, 2.45) is 11.8 Å². The van der Waals surface area contributed by atoms with E-state index in [0.717, 1.165) is 11.8 Å². The second-order valence-corrected chi connectivity index (χ2v) is 5.59. The van der Waals surface area contributed by atoms with Gasteiger partial charge in [-0.3, -0.25) is 0 Å². The molecule has 0 aromatic rings. The van der Waals surface area contributed by atoms with Crippen molar-refractivity contribution in [3.63, 3.8) is 0 Å². The third-order valence-electron chi connectivity index (χ3n) is 3.41. The highest BCUT2D eigenvalue weighted by Crippen LogP contribution is 2.15. The average molecular weight is 212 g/mol. The summed E-state index contributed by atoms with van der Waals surface area (Å²) in [7, 11) is 0. The molecular weight excluding hydrogens is 184 g/mol. The highest BCUT2D eigenvalue weighted by Gasteiger charge is 2.20. The molecule has 0 amide bonds. The minimum absolute atomic E-state index is 0.655. The summed E-state index contributed by atoms with van der Waals surface area (Å²) in [6, 6.07) is 1.31. The Hall–Kier alpha value is -0.0800. The van der Waals surface area contributed by atoms with Crippen LogP contribution in [0.2, 0.25) is 0 Å². The van der Waals surface area contributed by atoms with Crippen LogP contribution in [0, 0.1) is 11.8 Å². The molecule has 1 aliphatic rings. The van der Waals surface area contributed by atoms with Crippen molar-refractivity contribution in [1.29, 1.82) is 0 Å². The average Bonchev–Trinajstić information content (AvgIpc) is 2.17. The summed E-state index contributed by atoms with van der Waals surface area (Å²) in [6.07, 6.45) is 4.01. The normalized spacial score (nSPS) is 26.6. The van der Waals surface area contributed by atoms with Gasteiger partial charge in [-0.1, -0.05) is 13.8 Å². The van der Waals surface area contributed by atoms with Gasteiger partial charge in [0.1, 0.15) is 0 Å². The van der Waals surface area contributed by atoms with Gasteiger partial charge in [0.25, 0.3) is 0 Å². The largest absolute Gasteiger partial charge is 0.316 e. The van der Waals surface area contributed by atoms with Gasteiger partial charge in [-0.05, 0) is 58.0 Å². The van der Waals surface area contributed by atoms with E-state index >= 15 is 0 Å². The quantitative estimate of drug-likeness (QED) is 0.731. The van der Waals surface area contributed by atoms with Gasteiger partial charge < -0.3 is 10.6 Å². The second kappa shape index (κ2) is 6.49. The molecule has 0 bridgehead atoms. The summed E-state index contributed by atoms with van der Waals surface area (Å²) < 4.78 is 0. The van der Waals surface area contributed by atoms with E-state index in [1.54, 1.807) is 0 Å². The minimum Gasteiger partial charge on any atom is -0.316 e. The molecule has 0 saturated carbocycles. The fourth-order valence-corrected chi connectivity index (χ4v) is 2.67. The zero-order chi connectivity index (χ0) is 11.3. The van der Waals surface area contributed by atoms with Crippen LogP contribution in [-0.4, -0.2) is 25.2 Å². The third kappa shape index (κ3) is 4.98. The van der Waals surface area contributed by atoms with Crippen molar-refractivity contribution >= 4 is 0 Å². The molecule has 0 aromatic carbocycles. The molecule has 2 N–H and O–H groups in total. The Balaban J connectivity index is 2.23. The van der Waals surface area contributed by atoms with Gasteiger partial charge in [0, 0.05) is 12.1 Å². The fraction of sp³-hybridized carbons (Fsp3) is 1.00. The summed E-state index contributed by atoms with van der Waals surface area (Å²) >= 11 is 0. The first kappa shape index (κ1) is 13.0. The van der Waals surface area contributed by atoms with E-state index in [0.29, 0.717) is 12.1 Å². The van der Waals surface area contributed by atoms with Crippen molar-refractivity contribution in [3.05, 3.63) is 0 Å². The Morgan fingerprint density at radius 2 is 2.00 bits per heavy atom. The standard InChI is InChI=1S/C13H28N2/c1-10(2)8-11(3)15-12(4)13-6-5-7-14-9-13/h10-15H,5-9H2,1-4H3/t11-,12+,13+/m0/s1. The predicted octanol–water partition coefficient (Wildman–Crippen LogP) is 2.40. The van der Waals surface area contributed by atoms with Crippen molar-refractivity contribution in [3.8, 4) is 0 Å². The first-order valence-corrected chi connectivity index (χ1v) is 6.56. The van der Waals surface area contributed by atoms with Gasteiger partial charge in [-0.2, -0.15) is 0 Å². The molecule has 1 saturated heterocycles. The van der Waals surface area contributed by atoms with Crippen LogP contribution < -0.4 is 10.6 Å². The van der Waals surface area contributed by atoms with Gasteiger partial charge in [0.15, 0.2) is 0 Å². The number of piperidine rings is 1. The van der Waals surface area contributed by atoms with Crippen LogP contribution >= 0.6 is 0 Å². The van der Waals surface area contributed by atoms with Crippen LogP contribution in [0.1, 0.15) is 47.0 Å². The van der Waals surface area contributed by atoms with E-state index < -0.39 is 0 Å². The molecule has 2 heteroatoms. The van der Waals surface area contributed by atoms with E-state index in [1.807, 2.05) is 0 Å². The Kier molecular flexibility index (Phi) is 5.62. The molecule has 90 valence electrons. The van der Waals surface area contributed by atoms with Gasteiger partial charge in [0.05, 0.1) is 0 Å². The van der Waals surface area contributed by atoms with E-state index in [4.69, 9.17) is 0 Å². The maximum atomic E-state index is 3.74. The number of rotatable bonds is 5. The lowest BCUT2D eigenvalue weighted by atomic mass is 9.92. The molecule has 1 fully saturated rings. The molecule has 0 unspecified atom stereocenters. The van der Waals surface area contributed by atoms with Gasteiger partial charge in [-0.15, -0.1) is 0 Å². The van der Waals surface area contributed by atoms with E-state index in [2.05, 4.69) is 38.3 Å². The van der Waals surface area contributed by atoms with Crippen molar-refractivity contribution in [2.45, 2.75) is 59.0 Å². The summed E-state index contributed by atoms with van der Waals surface area (Å²) in [5, 5.41) is 7.23. The van der Waals surface area contributed by atoms with Crippen molar-refractivity contribution in [1.82, 2.24) is 10.6 Å². The molecule has 1 heterocycles. The van der Waals surface area contributed by atoms with Gasteiger partial charge in [0.2, 0.25) is 0 Å². The molecule has 1 rings (SSSR count). The zero-order valence-electron chi connectivity index (χ0n) is 10.8. The van der Waals surface area contributed by atoms with Crippen LogP contribution in [0.3, 0.4) is 0 Å². The first-order valence-electron chi connectivity index (χ1n) is 6.56. The molecule has 0 aliphatic carbocycles. The lowest BCUT2D eigenvalue weighted by molar-refractivity contribution is 0.271. The lowest BCUT2D eigenvalue weighted by Crippen LogP contribution is -2.45. The van der Waals surface area contributed by atoms with E-state index in [-0.39, 0.29) is 0 Å². The van der Waals surface area contributed by atoms with Gasteiger partial charge in [-0.25, -0.2) is 0 Å². The Bertz CT molecular complexity index is 162. The molecule has 0 spiro atoms. The molecule has 15 heavy (non-hydrogen) atoms. The van der Waals surface area contributed by atoms with Crippen molar-refractivity contribution < 1.29 is 0 Å². The fourth-order valence-electron chi connectivity index (χ4n) is 2.67. The van der Waals surface area contributed by atoms with Crippen molar-refractivity contribution in [2.75, 3.05) is 13.1 Å². The summed E-state index contributed by atoms with van der Waals surface area (Å²) in [6.45, 7) is 11.7. The zero-order valence-corrected chi connectivity index (χ0v) is 10.8. The lowest BCUT2D eigenvalue weighted by Gasteiger charge is -2.31. The topological polar surface area (TPSA) is 24.1 Å². The molecule has 3 atom stereocenters. The predicted molar refractivity (Wildman–Crippen MR) is 67.1 cm³/mol. The van der Waals surface area contributed by atoms with Crippen LogP contribution in [-0.2, 0) is 0 Å². The maximum absolute atomic E-state index is 3.74. The summed E-state index contributed by atoms with van der Waals surface area (Å²) in [5.41, 5.74) is 0. The van der Waals surface area contributed by atoms with E-state index in [9.17, 15) is 0 Å². The van der Waals surface area contributed by atoms with Crippen LogP contribution in [0.25, 0.3) is 0 Å². The highest BCUT2D eigenvalue weighted by molar-refractivity contribution is 4.80. The Morgan fingerprint density at radius 1 is 1.27 bits per heavy atom. The number of nitrogens with one attached hydrogen (secondary N) is 2. The summed E-state index contributed by atoms with van der Waals surface area (Å²) in [4.78, 5) is 0. The number of hydrogen-bond donors (Lipinski definition) is 2. The highest BCUT2D eigenvalue weighted by atomic mass is 15.0. The molecule has 1 aliphatic heterocycles. The second-order valence-electron chi connectivity index (χ2n) is 5.59. The molecule has 2 nitrogen and oxygen atoms in total. The van der Waals surface area contributed by atoms with E-state index in [1.165, 1.54) is 32.4 Å². The van der Waals surface area contributed by atoms with Crippen LogP contribution in [0.4, 0.5) is 0 Å². The minimum atomic E-state index is 0.655. The Morgan fingerprint density at radius 3 is 2.53 bits per heavy atom. The van der Waals surface area contributed by atoms with Crippen LogP contribution in [0.5, 0.6) is 0 Å². The van der Waals surface area contributed by atoms with Crippen LogP contribution in [0.15, 0.2) is 0 Å². The molecule has 0 aromatic heterocycles. The number of hydrogen-bond acceptors (Lipinski definition) is 2. The Labute approximate surface area is 95.2 Å². The third-order valence-corrected chi connectivity index (χ3v) is 3.41. The smallest absolute Gasteiger partial charge is 0.00816 e. The maximum Gasteiger partial charge on any atom is 0.00816 e. The molecule has 0 radical (unpaired) electrons. The van der Waals surface area contributed by atoms with Gasteiger partial charge >= 0.3 is 0 Å². The first-order chi connectivity index (χ1) is 7.09. The monoisotopic (exact) mass is 212 g/mol. The summed E-state index contributed by atoms with van der Waals surface area (Å²) in [5.74, 6) is 1.62. The SMILES string of the molecule is CC(C)C[C@H](C)N[C@H](C)[C@@H]1CCCNC1.